The highest BCUT2D eigenvalue weighted by molar-refractivity contribution is 5.27. The van der Waals surface area contributed by atoms with Crippen LogP contribution in [0.15, 0.2) is 36.7 Å². The van der Waals surface area contributed by atoms with Gasteiger partial charge in [-0.15, -0.1) is 0 Å². The van der Waals surface area contributed by atoms with Crippen LogP contribution >= 0.6 is 0 Å². The molecule has 0 aliphatic heterocycles. The van der Waals surface area contributed by atoms with E-state index in [0.29, 0.717) is 5.56 Å². The predicted molar refractivity (Wildman–Crippen MR) is 53.7 cm³/mol. The average Bonchev–Trinajstić information content (AvgIpc) is 2.65. The highest BCUT2D eigenvalue weighted by Gasteiger charge is 2.15. The van der Waals surface area contributed by atoms with Crippen LogP contribution in [-0.2, 0) is 7.05 Å². The summed E-state index contributed by atoms with van der Waals surface area (Å²) in [6, 6.07) is 6.18. The first-order valence-corrected chi connectivity index (χ1v) is 4.59. The first-order chi connectivity index (χ1) is 7.18. The summed E-state index contributed by atoms with van der Waals surface area (Å²) >= 11 is 0. The molecule has 1 heterocycles. The van der Waals surface area contributed by atoms with Gasteiger partial charge in [0.1, 0.15) is 11.9 Å². The van der Waals surface area contributed by atoms with Crippen LogP contribution in [0.3, 0.4) is 0 Å². The van der Waals surface area contributed by atoms with Crippen LogP contribution in [0.4, 0.5) is 4.39 Å². The van der Waals surface area contributed by atoms with E-state index in [2.05, 4.69) is 5.10 Å². The SMILES string of the molecule is Cn1cc(C(O)c2ccccc2F)cn1. The van der Waals surface area contributed by atoms with E-state index < -0.39 is 11.9 Å². The molecule has 0 saturated carbocycles. The zero-order valence-corrected chi connectivity index (χ0v) is 8.26. The molecular formula is C11H11FN2O. The maximum Gasteiger partial charge on any atom is 0.129 e. The number of aliphatic hydroxyl groups excluding tert-OH is 1. The van der Waals surface area contributed by atoms with E-state index in [1.165, 1.54) is 12.3 Å². The molecule has 0 spiro atoms. The van der Waals surface area contributed by atoms with Crippen LogP contribution in [0.5, 0.6) is 0 Å². The first kappa shape index (κ1) is 9.86. The minimum atomic E-state index is -0.958. The largest absolute Gasteiger partial charge is 0.383 e. The lowest BCUT2D eigenvalue weighted by Crippen LogP contribution is -2.01. The van der Waals surface area contributed by atoms with Gasteiger partial charge in [-0.25, -0.2) is 4.39 Å². The molecule has 0 aliphatic rings. The molecule has 2 aromatic rings. The van der Waals surface area contributed by atoms with Crippen LogP contribution < -0.4 is 0 Å². The Morgan fingerprint density at radius 2 is 2.13 bits per heavy atom. The summed E-state index contributed by atoms with van der Waals surface area (Å²) in [5.41, 5.74) is 0.855. The normalized spacial score (nSPS) is 12.7. The Bertz CT molecular complexity index is 467. The number of aromatic nitrogens is 2. The molecule has 0 radical (unpaired) electrons. The van der Waals surface area contributed by atoms with E-state index in [1.54, 1.807) is 36.1 Å². The summed E-state index contributed by atoms with van der Waals surface area (Å²) in [4.78, 5) is 0. The highest BCUT2D eigenvalue weighted by Crippen LogP contribution is 2.23. The number of hydrogen-bond acceptors (Lipinski definition) is 2. The molecule has 78 valence electrons. The molecule has 1 atom stereocenters. The maximum absolute atomic E-state index is 13.3. The molecule has 3 nitrogen and oxygen atoms in total. The van der Waals surface area contributed by atoms with Crippen molar-refractivity contribution < 1.29 is 9.50 Å². The van der Waals surface area contributed by atoms with Crippen molar-refractivity contribution in [3.63, 3.8) is 0 Å². The van der Waals surface area contributed by atoms with E-state index in [-0.39, 0.29) is 5.56 Å². The Morgan fingerprint density at radius 3 is 2.73 bits per heavy atom. The first-order valence-electron chi connectivity index (χ1n) is 4.59. The van der Waals surface area contributed by atoms with Gasteiger partial charge in [0.2, 0.25) is 0 Å². The van der Waals surface area contributed by atoms with Crippen molar-refractivity contribution in [2.45, 2.75) is 6.10 Å². The fourth-order valence-corrected chi connectivity index (χ4v) is 1.46. The number of hydrogen-bond donors (Lipinski definition) is 1. The number of rotatable bonds is 2. The lowest BCUT2D eigenvalue weighted by molar-refractivity contribution is 0.215. The molecule has 0 fully saturated rings. The Hall–Kier alpha value is -1.68. The van der Waals surface area contributed by atoms with Crippen LogP contribution in [0.25, 0.3) is 0 Å². The van der Waals surface area contributed by atoms with Crippen molar-refractivity contribution in [2.24, 2.45) is 7.05 Å². The fourth-order valence-electron chi connectivity index (χ4n) is 1.46. The number of benzene rings is 1. The molecular weight excluding hydrogens is 195 g/mol. The summed E-state index contributed by atoms with van der Waals surface area (Å²) < 4.78 is 14.9. The third kappa shape index (κ3) is 1.89. The van der Waals surface area contributed by atoms with Gasteiger partial charge in [-0.2, -0.15) is 5.10 Å². The lowest BCUT2D eigenvalue weighted by Gasteiger charge is -2.09. The Morgan fingerprint density at radius 1 is 1.40 bits per heavy atom. The summed E-state index contributed by atoms with van der Waals surface area (Å²) in [6.07, 6.45) is 2.23. The molecule has 0 amide bonds. The van der Waals surface area contributed by atoms with Crippen molar-refractivity contribution >= 4 is 0 Å². The van der Waals surface area contributed by atoms with Gasteiger partial charge >= 0.3 is 0 Å². The van der Waals surface area contributed by atoms with Gasteiger partial charge in [-0.1, -0.05) is 18.2 Å². The fraction of sp³-hybridized carbons (Fsp3) is 0.182. The molecule has 1 N–H and O–H groups in total. The number of aryl methyl sites for hydroxylation is 1. The number of aliphatic hydroxyl groups is 1. The van der Waals surface area contributed by atoms with Gasteiger partial charge < -0.3 is 5.11 Å². The van der Waals surface area contributed by atoms with Crippen molar-refractivity contribution in [1.82, 2.24) is 9.78 Å². The van der Waals surface area contributed by atoms with Gasteiger partial charge in [0, 0.05) is 24.4 Å². The van der Waals surface area contributed by atoms with Crippen molar-refractivity contribution in [1.29, 1.82) is 0 Å². The van der Waals surface area contributed by atoms with E-state index in [0.717, 1.165) is 0 Å². The second kappa shape index (κ2) is 3.82. The maximum atomic E-state index is 13.3. The standard InChI is InChI=1S/C11H11FN2O/c1-14-7-8(6-13-14)11(15)9-4-2-3-5-10(9)12/h2-7,11,15H,1H3. The quantitative estimate of drug-likeness (QED) is 0.811. The third-order valence-electron chi connectivity index (χ3n) is 2.24. The Kier molecular flexibility index (Phi) is 2.51. The molecule has 1 unspecified atom stereocenters. The van der Waals surface area contributed by atoms with Crippen LogP contribution in [0.2, 0.25) is 0 Å². The zero-order valence-electron chi connectivity index (χ0n) is 8.26. The van der Waals surface area contributed by atoms with Crippen molar-refractivity contribution in [3.05, 3.63) is 53.6 Å². The van der Waals surface area contributed by atoms with Gasteiger partial charge in [0.25, 0.3) is 0 Å². The molecule has 0 saturated heterocycles. The second-order valence-corrected chi connectivity index (χ2v) is 3.37. The molecule has 1 aromatic heterocycles. The summed E-state index contributed by atoms with van der Waals surface area (Å²) in [6.45, 7) is 0. The van der Waals surface area contributed by atoms with Crippen molar-refractivity contribution in [2.75, 3.05) is 0 Å². The third-order valence-corrected chi connectivity index (χ3v) is 2.24. The molecule has 2 rings (SSSR count). The molecule has 15 heavy (non-hydrogen) atoms. The minimum Gasteiger partial charge on any atom is -0.383 e. The monoisotopic (exact) mass is 206 g/mol. The van der Waals surface area contributed by atoms with Crippen molar-refractivity contribution in [3.8, 4) is 0 Å². The Labute approximate surface area is 86.8 Å². The predicted octanol–water partition coefficient (Wildman–Crippen LogP) is 1.64. The summed E-state index contributed by atoms with van der Waals surface area (Å²) in [5.74, 6) is -0.408. The van der Waals surface area contributed by atoms with Crippen LogP contribution in [0, 0.1) is 5.82 Å². The van der Waals surface area contributed by atoms with Crippen LogP contribution in [0.1, 0.15) is 17.2 Å². The van der Waals surface area contributed by atoms with Gasteiger partial charge in [0.15, 0.2) is 0 Å². The molecule has 0 aliphatic carbocycles. The van der Waals surface area contributed by atoms with Crippen LogP contribution in [-0.4, -0.2) is 14.9 Å². The zero-order chi connectivity index (χ0) is 10.8. The molecule has 1 aromatic carbocycles. The Balaban J connectivity index is 2.36. The van der Waals surface area contributed by atoms with Gasteiger partial charge in [-0.3, -0.25) is 4.68 Å². The van der Waals surface area contributed by atoms with E-state index in [4.69, 9.17) is 0 Å². The van der Waals surface area contributed by atoms with Gasteiger partial charge in [0.05, 0.1) is 6.20 Å². The number of halogens is 1. The topological polar surface area (TPSA) is 38.0 Å². The number of nitrogens with zero attached hydrogens (tertiary/aromatic N) is 2. The van der Waals surface area contributed by atoms with E-state index >= 15 is 0 Å². The minimum absolute atomic E-state index is 0.269. The van der Waals surface area contributed by atoms with E-state index in [9.17, 15) is 9.50 Å². The summed E-state index contributed by atoms with van der Waals surface area (Å²) in [5, 5.41) is 13.8. The van der Waals surface area contributed by atoms with Gasteiger partial charge in [-0.05, 0) is 6.07 Å². The highest BCUT2D eigenvalue weighted by atomic mass is 19.1. The average molecular weight is 206 g/mol. The second-order valence-electron chi connectivity index (χ2n) is 3.37. The molecule has 4 heteroatoms. The molecule has 0 bridgehead atoms. The lowest BCUT2D eigenvalue weighted by atomic mass is 10.0. The smallest absolute Gasteiger partial charge is 0.129 e. The van der Waals surface area contributed by atoms with E-state index in [1.807, 2.05) is 0 Å². The summed E-state index contributed by atoms with van der Waals surface area (Å²) in [7, 11) is 1.75.